The molecule has 6 rings (SSSR count). The first-order valence-corrected chi connectivity index (χ1v) is 12.6. The van der Waals surface area contributed by atoms with E-state index < -0.39 is 24.3 Å². The third-order valence-electron chi connectivity index (χ3n) is 7.43. The molecule has 1 saturated heterocycles. The number of aromatic nitrogens is 1. The zero-order chi connectivity index (χ0) is 22.5. The average Bonchev–Trinajstić information content (AvgIpc) is 3.46. The molecule has 2 saturated carbocycles. The first-order valence-electron chi connectivity index (χ1n) is 10.2. The number of fused-ring (bicyclic) bond motifs is 9. The van der Waals surface area contributed by atoms with Gasteiger partial charge >= 0.3 is 10.8 Å². The largest absolute Gasteiger partial charge is 0.480 e. The molecule has 2 bridgehead atoms. The van der Waals surface area contributed by atoms with E-state index in [0.717, 1.165) is 38.1 Å². The second kappa shape index (κ2) is 7.09. The Labute approximate surface area is 200 Å². The van der Waals surface area contributed by atoms with Gasteiger partial charge in [-0.15, -0.1) is 11.8 Å². The zero-order valence-corrected chi connectivity index (χ0v) is 19.4. The van der Waals surface area contributed by atoms with Gasteiger partial charge in [0.05, 0.1) is 26.9 Å². The number of halogens is 2. The Morgan fingerprint density at radius 1 is 1.16 bits per heavy atom. The van der Waals surface area contributed by atoms with Gasteiger partial charge in [-0.3, -0.25) is 24.1 Å². The Kier molecular flexibility index (Phi) is 4.60. The van der Waals surface area contributed by atoms with Crippen molar-refractivity contribution >= 4 is 64.1 Å². The minimum Gasteiger partial charge on any atom is -0.480 e. The van der Waals surface area contributed by atoms with Crippen LogP contribution in [0.2, 0.25) is 10.0 Å². The SMILES string of the molecule is O=C(O)CN1C(=O)C2C3CC(C2C1=O)C1C(c2cccc(Cl)c2Cl)c2sc(=O)[nH]c2SC31. The van der Waals surface area contributed by atoms with E-state index in [2.05, 4.69) is 4.98 Å². The maximum atomic E-state index is 13.1. The number of nitrogens with zero attached hydrogens (tertiary/aromatic N) is 1. The molecule has 4 aliphatic rings. The molecule has 32 heavy (non-hydrogen) atoms. The zero-order valence-electron chi connectivity index (χ0n) is 16.3. The first-order chi connectivity index (χ1) is 15.3. The maximum Gasteiger partial charge on any atom is 0.323 e. The summed E-state index contributed by atoms with van der Waals surface area (Å²) in [5, 5.41) is 10.8. The number of imide groups is 1. The van der Waals surface area contributed by atoms with Gasteiger partial charge in [-0.2, -0.15) is 0 Å². The monoisotopic (exact) mass is 510 g/mol. The van der Waals surface area contributed by atoms with E-state index in [0.29, 0.717) is 10.0 Å². The van der Waals surface area contributed by atoms with Crippen molar-refractivity contribution in [3.63, 3.8) is 0 Å². The Morgan fingerprint density at radius 2 is 1.88 bits per heavy atom. The molecule has 7 nitrogen and oxygen atoms in total. The van der Waals surface area contributed by atoms with Gasteiger partial charge in [-0.25, -0.2) is 0 Å². The van der Waals surface area contributed by atoms with Gasteiger partial charge in [0, 0.05) is 16.0 Å². The van der Waals surface area contributed by atoms with Gasteiger partial charge in [-0.1, -0.05) is 46.7 Å². The highest BCUT2D eigenvalue weighted by Gasteiger charge is 2.69. The lowest BCUT2D eigenvalue weighted by molar-refractivity contribution is -0.149. The van der Waals surface area contributed by atoms with Gasteiger partial charge in [-0.05, 0) is 35.8 Å². The van der Waals surface area contributed by atoms with Crippen LogP contribution in [0.5, 0.6) is 0 Å². The van der Waals surface area contributed by atoms with Crippen molar-refractivity contribution < 1.29 is 19.5 Å². The maximum absolute atomic E-state index is 13.1. The number of carboxylic acids is 1. The average molecular weight is 511 g/mol. The number of hydrogen-bond donors (Lipinski definition) is 2. The number of benzene rings is 1. The molecule has 2 aromatic rings. The molecule has 2 N–H and O–H groups in total. The number of rotatable bonds is 3. The summed E-state index contributed by atoms with van der Waals surface area (Å²) in [5.74, 6) is -3.38. The van der Waals surface area contributed by atoms with Crippen LogP contribution in [0.4, 0.5) is 0 Å². The summed E-state index contributed by atoms with van der Waals surface area (Å²) < 4.78 is 0. The van der Waals surface area contributed by atoms with Crippen molar-refractivity contribution in [1.29, 1.82) is 0 Å². The number of aliphatic carboxylic acids is 1. The van der Waals surface area contributed by atoms with Crippen LogP contribution in [0, 0.1) is 29.6 Å². The number of carboxylic acid groups (broad SMARTS) is 1. The summed E-state index contributed by atoms with van der Waals surface area (Å²) >= 11 is 15.7. The van der Waals surface area contributed by atoms with Crippen molar-refractivity contribution in [1.82, 2.24) is 9.88 Å². The molecule has 7 atom stereocenters. The van der Waals surface area contributed by atoms with Crippen molar-refractivity contribution in [2.45, 2.75) is 22.6 Å². The number of carbonyl (C=O) groups excluding carboxylic acids is 2. The Hall–Kier alpha value is -1.81. The summed E-state index contributed by atoms with van der Waals surface area (Å²) in [4.78, 5) is 54.2. The van der Waals surface area contributed by atoms with Crippen molar-refractivity contribution in [3.8, 4) is 0 Å². The van der Waals surface area contributed by atoms with Crippen LogP contribution >= 0.6 is 46.3 Å². The number of carbonyl (C=O) groups is 3. The lowest BCUT2D eigenvalue weighted by Crippen LogP contribution is -2.42. The molecule has 2 aliphatic carbocycles. The number of likely N-dealkylation sites (tertiary alicyclic amines) is 1. The molecule has 166 valence electrons. The predicted octanol–water partition coefficient (Wildman–Crippen LogP) is 3.30. The van der Waals surface area contributed by atoms with E-state index in [1.165, 1.54) is 0 Å². The third-order valence-corrected chi connectivity index (χ3v) is 10.8. The fraction of sp³-hybridized carbons (Fsp3) is 0.429. The number of nitrogens with one attached hydrogen (secondary N) is 1. The molecule has 1 aromatic carbocycles. The molecule has 0 spiro atoms. The molecule has 2 aliphatic heterocycles. The molecule has 11 heteroatoms. The Bertz CT molecular complexity index is 1260. The van der Waals surface area contributed by atoms with Crippen molar-refractivity contribution in [3.05, 3.63) is 48.4 Å². The number of amides is 2. The van der Waals surface area contributed by atoms with E-state index in [-0.39, 0.29) is 45.6 Å². The van der Waals surface area contributed by atoms with Gasteiger partial charge in [0.1, 0.15) is 6.54 Å². The van der Waals surface area contributed by atoms with Gasteiger partial charge in [0.25, 0.3) is 0 Å². The highest BCUT2D eigenvalue weighted by Crippen LogP contribution is 2.68. The molecular formula is C21H16Cl2N2O5S2. The predicted molar refractivity (Wildman–Crippen MR) is 119 cm³/mol. The van der Waals surface area contributed by atoms with E-state index in [9.17, 15) is 24.3 Å². The summed E-state index contributed by atoms with van der Waals surface area (Å²) in [6.07, 6.45) is 0.726. The standard InChI is InChI=1S/C21H16Cl2N2O5S2/c22-9-3-1-2-6(15(9)23)11-12-7-4-8(16(12)31-18-17(11)32-21(30)24-18)14-13(7)19(28)25(20(14)29)5-10(26)27/h1-3,7-8,11-14,16H,4-5H2,(H,24,30)(H,26,27). The van der Waals surface area contributed by atoms with E-state index in [1.54, 1.807) is 17.8 Å². The minimum atomic E-state index is -1.20. The number of aromatic amines is 1. The fourth-order valence-corrected chi connectivity index (χ4v) is 9.78. The molecular weight excluding hydrogens is 495 g/mol. The minimum absolute atomic E-state index is 0.0114. The smallest absolute Gasteiger partial charge is 0.323 e. The van der Waals surface area contributed by atoms with Gasteiger partial charge in [0.15, 0.2) is 0 Å². The topological polar surface area (TPSA) is 108 Å². The van der Waals surface area contributed by atoms with E-state index in [4.69, 9.17) is 23.2 Å². The highest BCUT2D eigenvalue weighted by atomic mass is 35.5. The van der Waals surface area contributed by atoms with Crippen LogP contribution < -0.4 is 4.87 Å². The number of thiazole rings is 1. The summed E-state index contributed by atoms with van der Waals surface area (Å²) in [7, 11) is 0. The van der Waals surface area contributed by atoms with Gasteiger partial charge < -0.3 is 10.1 Å². The molecule has 3 fully saturated rings. The Morgan fingerprint density at radius 3 is 2.59 bits per heavy atom. The lowest BCUT2D eigenvalue weighted by atomic mass is 9.68. The number of H-pyrrole nitrogens is 1. The van der Waals surface area contributed by atoms with Crippen LogP contribution in [0.3, 0.4) is 0 Å². The van der Waals surface area contributed by atoms with Crippen LogP contribution in [-0.2, 0) is 14.4 Å². The highest BCUT2D eigenvalue weighted by molar-refractivity contribution is 8.00. The molecule has 7 unspecified atom stereocenters. The second-order valence-corrected chi connectivity index (χ2v) is 11.7. The second-order valence-electron chi connectivity index (χ2n) is 8.76. The Balaban J connectivity index is 1.48. The van der Waals surface area contributed by atoms with E-state index >= 15 is 0 Å². The number of hydrogen-bond acceptors (Lipinski definition) is 6. The lowest BCUT2D eigenvalue weighted by Gasteiger charge is -2.43. The first kappa shape index (κ1) is 20.8. The summed E-state index contributed by atoms with van der Waals surface area (Å²) in [6, 6.07) is 5.44. The molecule has 0 radical (unpaired) electrons. The number of thioether (sulfide) groups is 1. The molecule has 3 heterocycles. The fourth-order valence-electron chi connectivity index (χ4n) is 6.48. The molecule has 1 aromatic heterocycles. The summed E-state index contributed by atoms with van der Waals surface area (Å²) in [5.41, 5.74) is 0.814. The van der Waals surface area contributed by atoms with Crippen LogP contribution in [-0.4, -0.2) is 44.6 Å². The van der Waals surface area contributed by atoms with Crippen molar-refractivity contribution in [2.24, 2.45) is 29.6 Å². The summed E-state index contributed by atoms with van der Waals surface area (Å²) in [6.45, 7) is -0.600. The van der Waals surface area contributed by atoms with Crippen LogP contribution in [0.25, 0.3) is 0 Å². The quantitative estimate of drug-likeness (QED) is 0.613. The van der Waals surface area contributed by atoms with Crippen LogP contribution in [0.1, 0.15) is 22.8 Å². The molecule has 2 amide bonds. The van der Waals surface area contributed by atoms with Gasteiger partial charge in [0.2, 0.25) is 11.8 Å². The third kappa shape index (κ3) is 2.68. The van der Waals surface area contributed by atoms with Crippen LogP contribution in [0.15, 0.2) is 28.0 Å². The van der Waals surface area contributed by atoms with E-state index in [1.807, 2.05) is 12.1 Å². The van der Waals surface area contributed by atoms with Crippen molar-refractivity contribution in [2.75, 3.05) is 6.54 Å². The normalized spacial score (nSPS) is 34.6.